The maximum atomic E-state index is 13.2. The molecule has 0 radical (unpaired) electrons. The summed E-state index contributed by atoms with van der Waals surface area (Å²) in [7, 11) is 3.13. The monoisotopic (exact) mass is 474 g/mol. The smallest absolute Gasteiger partial charge is 0.342 e. The molecule has 0 fully saturated rings. The zero-order chi connectivity index (χ0) is 23.9. The number of fused-ring (bicyclic) bond motifs is 1. The lowest BCUT2D eigenvalue weighted by Gasteiger charge is -2.26. The Kier molecular flexibility index (Phi) is 5.55. The highest BCUT2D eigenvalue weighted by Gasteiger charge is 2.48. The van der Waals surface area contributed by atoms with Crippen molar-refractivity contribution in [3.63, 3.8) is 0 Å². The summed E-state index contributed by atoms with van der Waals surface area (Å²) >= 11 is 1.11. The van der Waals surface area contributed by atoms with Crippen molar-refractivity contribution in [1.82, 2.24) is 8.75 Å². The van der Waals surface area contributed by atoms with Crippen LogP contribution in [-0.2, 0) is 21.7 Å². The van der Waals surface area contributed by atoms with E-state index < -0.39 is 11.8 Å². The van der Waals surface area contributed by atoms with Crippen LogP contribution < -0.4 is 9.47 Å². The molecule has 1 aliphatic heterocycles. The summed E-state index contributed by atoms with van der Waals surface area (Å²) < 4.78 is 25.0. The minimum absolute atomic E-state index is 0.249. The Morgan fingerprint density at radius 1 is 0.941 bits per heavy atom. The number of ether oxygens (including phenoxy) is 3. The molecule has 0 aliphatic carbocycles. The summed E-state index contributed by atoms with van der Waals surface area (Å²) in [6.45, 7) is 1.96. The van der Waals surface area contributed by atoms with Crippen LogP contribution in [0.5, 0.6) is 11.5 Å². The number of rotatable bonds is 6. The standard InChI is InChI=1S/C26H22N2O5S/c1-15-4-8-18(9-5-15)26(30)19(12-16-6-11-22(31-2)23(13-16)32-3)24(25(29)33-26)17-7-10-20-21(14-17)28-34-27-20/h4-11,13-14,30H,12H2,1-3H3. The van der Waals surface area contributed by atoms with Crippen molar-refractivity contribution in [3.05, 3.63) is 88.5 Å². The van der Waals surface area contributed by atoms with Crippen molar-refractivity contribution in [2.75, 3.05) is 14.2 Å². The molecular formula is C26H22N2O5S. The highest BCUT2D eigenvalue weighted by atomic mass is 32.1. The zero-order valence-electron chi connectivity index (χ0n) is 18.9. The molecule has 4 aromatic rings. The number of aryl methyl sites for hydroxylation is 1. The van der Waals surface area contributed by atoms with E-state index in [1.807, 2.05) is 37.3 Å². The van der Waals surface area contributed by atoms with E-state index >= 15 is 0 Å². The lowest BCUT2D eigenvalue weighted by atomic mass is 9.87. The van der Waals surface area contributed by atoms with Gasteiger partial charge in [-0.25, -0.2) is 4.79 Å². The number of cyclic esters (lactones) is 1. The molecule has 34 heavy (non-hydrogen) atoms. The van der Waals surface area contributed by atoms with E-state index in [4.69, 9.17) is 14.2 Å². The molecular weight excluding hydrogens is 452 g/mol. The van der Waals surface area contributed by atoms with Crippen LogP contribution in [0.25, 0.3) is 16.6 Å². The van der Waals surface area contributed by atoms with Crippen molar-refractivity contribution < 1.29 is 24.1 Å². The fourth-order valence-electron chi connectivity index (χ4n) is 4.18. The van der Waals surface area contributed by atoms with E-state index in [9.17, 15) is 9.90 Å². The SMILES string of the molecule is COc1ccc(CC2=C(c3ccc4nsnc4c3)C(=O)OC2(O)c2ccc(C)cc2)cc1OC. The van der Waals surface area contributed by atoms with Gasteiger partial charge in [0.1, 0.15) is 11.0 Å². The summed E-state index contributed by atoms with van der Waals surface area (Å²) in [5, 5.41) is 11.8. The van der Waals surface area contributed by atoms with E-state index in [1.165, 1.54) is 0 Å². The van der Waals surface area contributed by atoms with E-state index in [1.54, 1.807) is 44.6 Å². The third kappa shape index (κ3) is 3.70. The van der Waals surface area contributed by atoms with Crippen LogP contribution >= 0.6 is 11.7 Å². The summed E-state index contributed by atoms with van der Waals surface area (Å²) in [6.07, 6.45) is 0.249. The van der Waals surface area contributed by atoms with Crippen molar-refractivity contribution in [2.24, 2.45) is 0 Å². The summed E-state index contributed by atoms with van der Waals surface area (Å²) in [5.41, 5.74) is 5.13. The van der Waals surface area contributed by atoms with Crippen molar-refractivity contribution in [2.45, 2.75) is 19.1 Å². The van der Waals surface area contributed by atoms with Gasteiger partial charge in [-0.3, -0.25) is 0 Å². The molecule has 0 bridgehead atoms. The Morgan fingerprint density at radius 3 is 2.41 bits per heavy atom. The number of carbonyl (C=O) groups is 1. The first-order valence-corrected chi connectivity index (χ1v) is 11.4. The first-order valence-electron chi connectivity index (χ1n) is 10.6. The van der Waals surface area contributed by atoms with E-state index in [0.717, 1.165) is 28.4 Å². The second-order valence-electron chi connectivity index (χ2n) is 8.09. The molecule has 1 aromatic heterocycles. The van der Waals surface area contributed by atoms with Gasteiger partial charge in [-0.1, -0.05) is 42.0 Å². The third-order valence-electron chi connectivity index (χ3n) is 5.97. The van der Waals surface area contributed by atoms with E-state index in [-0.39, 0.29) is 6.42 Å². The molecule has 8 heteroatoms. The van der Waals surface area contributed by atoms with Gasteiger partial charge in [-0.2, -0.15) is 8.75 Å². The van der Waals surface area contributed by atoms with Crippen LogP contribution in [0.3, 0.4) is 0 Å². The molecule has 3 aromatic carbocycles. The lowest BCUT2D eigenvalue weighted by molar-refractivity contribution is -0.185. The number of aromatic nitrogens is 2. The van der Waals surface area contributed by atoms with Gasteiger partial charge in [0, 0.05) is 17.6 Å². The average Bonchev–Trinajstić information content (AvgIpc) is 3.41. The zero-order valence-corrected chi connectivity index (χ0v) is 19.7. The Balaban J connectivity index is 1.69. The molecule has 0 spiro atoms. The molecule has 1 N–H and O–H groups in total. The van der Waals surface area contributed by atoms with E-state index in [2.05, 4.69) is 8.75 Å². The molecule has 1 aliphatic rings. The quantitative estimate of drug-likeness (QED) is 0.414. The second-order valence-corrected chi connectivity index (χ2v) is 8.62. The molecule has 0 saturated carbocycles. The van der Waals surface area contributed by atoms with Gasteiger partial charge in [-0.15, -0.1) is 0 Å². The fraction of sp³-hybridized carbons (Fsp3) is 0.192. The van der Waals surface area contributed by atoms with Crippen LogP contribution in [0, 0.1) is 6.92 Å². The molecule has 172 valence electrons. The highest BCUT2D eigenvalue weighted by molar-refractivity contribution is 7.00. The number of carbonyl (C=O) groups excluding carboxylic acids is 1. The molecule has 2 heterocycles. The van der Waals surface area contributed by atoms with Gasteiger partial charge in [0.25, 0.3) is 5.79 Å². The van der Waals surface area contributed by atoms with Crippen LogP contribution in [0.4, 0.5) is 0 Å². The third-order valence-corrected chi connectivity index (χ3v) is 6.53. The van der Waals surface area contributed by atoms with Gasteiger partial charge >= 0.3 is 5.97 Å². The van der Waals surface area contributed by atoms with Crippen LogP contribution in [0.2, 0.25) is 0 Å². The number of aliphatic hydroxyl groups is 1. The number of nitrogens with zero attached hydrogens (tertiary/aromatic N) is 2. The van der Waals surface area contributed by atoms with E-state index in [0.29, 0.717) is 39.3 Å². The predicted octanol–water partition coefficient (Wildman–Crippen LogP) is 4.42. The number of hydrogen-bond acceptors (Lipinski definition) is 8. The second kappa shape index (κ2) is 8.55. The first kappa shape index (κ1) is 22.1. The van der Waals surface area contributed by atoms with Gasteiger partial charge < -0.3 is 19.3 Å². The Morgan fingerprint density at radius 2 is 1.68 bits per heavy atom. The van der Waals surface area contributed by atoms with Crippen molar-refractivity contribution >= 4 is 34.3 Å². The van der Waals surface area contributed by atoms with Crippen molar-refractivity contribution in [1.29, 1.82) is 0 Å². The van der Waals surface area contributed by atoms with Gasteiger partial charge in [0.05, 0.1) is 31.5 Å². The normalized spacial score (nSPS) is 17.8. The summed E-state index contributed by atoms with van der Waals surface area (Å²) in [4.78, 5) is 13.2. The Hall–Kier alpha value is -3.75. The summed E-state index contributed by atoms with van der Waals surface area (Å²) in [5.74, 6) is -1.36. The molecule has 1 atom stereocenters. The maximum absolute atomic E-state index is 13.2. The lowest BCUT2D eigenvalue weighted by Crippen LogP contribution is -2.29. The minimum Gasteiger partial charge on any atom is -0.493 e. The maximum Gasteiger partial charge on any atom is 0.342 e. The highest BCUT2D eigenvalue weighted by Crippen LogP contribution is 2.45. The van der Waals surface area contributed by atoms with Crippen LogP contribution in [0.15, 0.2) is 66.2 Å². The molecule has 7 nitrogen and oxygen atoms in total. The van der Waals surface area contributed by atoms with Gasteiger partial charge in [0.15, 0.2) is 11.5 Å². The largest absolute Gasteiger partial charge is 0.493 e. The average molecular weight is 475 g/mol. The van der Waals surface area contributed by atoms with Crippen LogP contribution in [-0.4, -0.2) is 34.0 Å². The topological polar surface area (TPSA) is 90.8 Å². The molecule has 5 rings (SSSR count). The number of benzene rings is 3. The van der Waals surface area contributed by atoms with Gasteiger partial charge in [0.2, 0.25) is 0 Å². The minimum atomic E-state index is -1.91. The van der Waals surface area contributed by atoms with Crippen molar-refractivity contribution in [3.8, 4) is 11.5 Å². The number of methoxy groups -OCH3 is 2. The summed E-state index contributed by atoms with van der Waals surface area (Å²) in [6, 6.07) is 18.2. The molecule has 0 amide bonds. The molecule has 1 unspecified atom stereocenters. The predicted molar refractivity (Wildman–Crippen MR) is 129 cm³/mol. The first-order chi connectivity index (χ1) is 16.4. The van der Waals surface area contributed by atoms with Crippen LogP contribution in [0.1, 0.15) is 22.3 Å². The molecule has 0 saturated heterocycles. The fourth-order valence-corrected chi connectivity index (χ4v) is 4.70. The Labute approximate surface area is 200 Å². The number of esters is 1. The van der Waals surface area contributed by atoms with Gasteiger partial charge in [-0.05, 0) is 42.3 Å². The number of hydrogen-bond donors (Lipinski definition) is 1. The Bertz CT molecular complexity index is 1430.